The second kappa shape index (κ2) is 6.00. The molecule has 1 fully saturated rings. The first kappa shape index (κ1) is 13.1. The van der Waals surface area contributed by atoms with Crippen molar-refractivity contribution < 1.29 is 13.5 Å². The molecule has 1 saturated heterocycles. The summed E-state index contributed by atoms with van der Waals surface area (Å²) >= 11 is 0. The highest BCUT2D eigenvalue weighted by Gasteiger charge is 2.13. The minimum atomic E-state index is -2.77. The number of halogens is 2. The third-order valence-corrected chi connectivity index (χ3v) is 3.07. The molecule has 1 aliphatic heterocycles. The lowest BCUT2D eigenvalue weighted by molar-refractivity contribution is -0.0498. The van der Waals surface area contributed by atoms with Crippen LogP contribution in [-0.2, 0) is 0 Å². The number of benzene rings is 1. The number of rotatable bonds is 3. The summed E-state index contributed by atoms with van der Waals surface area (Å²) in [6.07, 6.45) is 1.09. The number of hydrogen-bond donors (Lipinski definition) is 1. The molecule has 0 atom stereocenters. The van der Waals surface area contributed by atoms with Crippen LogP contribution in [-0.4, -0.2) is 32.8 Å². The fourth-order valence-electron chi connectivity index (χ4n) is 2.25. The van der Waals surface area contributed by atoms with Crippen molar-refractivity contribution in [2.24, 2.45) is 0 Å². The van der Waals surface area contributed by atoms with Gasteiger partial charge in [0.2, 0.25) is 0 Å². The van der Waals surface area contributed by atoms with Crippen LogP contribution in [0.4, 0.5) is 14.5 Å². The van der Waals surface area contributed by atoms with E-state index >= 15 is 0 Å². The first-order chi connectivity index (χ1) is 8.66. The van der Waals surface area contributed by atoms with Crippen molar-refractivity contribution in [2.45, 2.75) is 20.0 Å². The summed E-state index contributed by atoms with van der Waals surface area (Å²) in [6, 6.07) is 5.13. The van der Waals surface area contributed by atoms with Gasteiger partial charge >= 0.3 is 6.61 Å². The van der Waals surface area contributed by atoms with Gasteiger partial charge in [0.05, 0.1) is 0 Å². The molecular formula is C13H18F2N2O. The van der Waals surface area contributed by atoms with Gasteiger partial charge in [0.15, 0.2) is 0 Å². The highest BCUT2D eigenvalue weighted by molar-refractivity contribution is 5.56. The van der Waals surface area contributed by atoms with E-state index in [1.165, 1.54) is 0 Å². The molecule has 18 heavy (non-hydrogen) atoms. The predicted octanol–water partition coefficient (Wildman–Crippen LogP) is 2.40. The largest absolute Gasteiger partial charge is 0.435 e. The fourth-order valence-corrected chi connectivity index (χ4v) is 2.25. The van der Waals surface area contributed by atoms with Gasteiger partial charge in [0.25, 0.3) is 0 Å². The lowest BCUT2D eigenvalue weighted by Crippen LogP contribution is -2.28. The lowest BCUT2D eigenvalue weighted by atomic mass is 10.1. The molecule has 5 heteroatoms. The molecule has 1 N–H and O–H groups in total. The molecule has 100 valence electrons. The summed E-state index contributed by atoms with van der Waals surface area (Å²) < 4.78 is 28.6. The highest BCUT2D eigenvalue weighted by Crippen LogP contribution is 2.26. The van der Waals surface area contributed by atoms with E-state index in [-0.39, 0.29) is 5.75 Å². The average molecular weight is 256 g/mol. The van der Waals surface area contributed by atoms with Gasteiger partial charge in [0, 0.05) is 25.3 Å². The first-order valence-electron chi connectivity index (χ1n) is 6.18. The standard InChI is InChI=1S/C13H18F2N2O/c1-10-9-11(18-13(14)15)3-4-12(10)17-7-2-5-16-6-8-17/h3-4,9,13,16H,2,5-8H2,1H3. The number of hydrogen-bond acceptors (Lipinski definition) is 3. The van der Waals surface area contributed by atoms with Crippen LogP contribution in [0.25, 0.3) is 0 Å². The van der Waals surface area contributed by atoms with Crippen molar-refractivity contribution >= 4 is 5.69 Å². The first-order valence-corrected chi connectivity index (χ1v) is 6.18. The maximum absolute atomic E-state index is 12.1. The second-order valence-electron chi connectivity index (χ2n) is 4.42. The summed E-state index contributed by atoms with van der Waals surface area (Å²) in [7, 11) is 0. The van der Waals surface area contributed by atoms with E-state index < -0.39 is 6.61 Å². The maximum atomic E-state index is 12.1. The number of nitrogens with zero attached hydrogens (tertiary/aromatic N) is 1. The minimum Gasteiger partial charge on any atom is -0.435 e. The summed E-state index contributed by atoms with van der Waals surface area (Å²) in [5.41, 5.74) is 2.07. The Balaban J connectivity index is 2.12. The normalized spacial score (nSPS) is 16.8. The molecule has 0 aliphatic carbocycles. The molecule has 0 aromatic heterocycles. The van der Waals surface area contributed by atoms with Crippen LogP contribution in [0.3, 0.4) is 0 Å². The Bertz CT molecular complexity index is 391. The lowest BCUT2D eigenvalue weighted by Gasteiger charge is -2.24. The molecule has 0 spiro atoms. The van der Waals surface area contributed by atoms with Gasteiger partial charge in [-0.15, -0.1) is 0 Å². The molecular weight excluding hydrogens is 238 g/mol. The van der Waals surface area contributed by atoms with E-state index in [4.69, 9.17) is 0 Å². The van der Waals surface area contributed by atoms with Crippen LogP contribution < -0.4 is 15.0 Å². The van der Waals surface area contributed by atoms with Gasteiger partial charge in [-0.3, -0.25) is 0 Å². The Morgan fingerprint density at radius 2 is 2.11 bits per heavy atom. The molecule has 0 saturated carbocycles. The molecule has 0 unspecified atom stereocenters. The molecule has 1 aromatic rings. The van der Waals surface area contributed by atoms with Crippen LogP contribution in [0, 0.1) is 6.92 Å². The topological polar surface area (TPSA) is 24.5 Å². The van der Waals surface area contributed by atoms with E-state index in [9.17, 15) is 8.78 Å². The Morgan fingerprint density at radius 1 is 1.28 bits per heavy atom. The zero-order chi connectivity index (χ0) is 13.0. The van der Waals surface area contributed by atoms with Gasteiger partial charge in [-0.05, 0) is 43.7 Å². The molecule has 0 radical (unpaired) electrons. The van der Waals surface area contributed by atoms with E-state index in [1.54, 1.807) is 12.1 Å². The third kappa shape index (κ3) is 3.32. The van der Waals surface area contributed by atoms with Gasteiger partial charge in [0.1, 0.15) is 5.75 Å². The molecule has 3 nitrogen and oxygen atoms in total. The van der Waals surface area contributed by atoms with Crippen LogP contribution in [0.5, 0.6) is 5.75 Å². The van der Waals surface area contributed by atoms with E-state index in [1.807, 2.05) is 13.0 Å². The number of nitrogens with one attached hydrogen (secondary N) is 1. The minimum absolute atomic E-state index is 0.221. The second-order valence-corrected chi connectivity index (χ2v) is 4.42. The van der Waals surface area contributed by atoms with Crippen LogP contribution in [0.1, 0.15) is 12.0 Å². The Labute approximate surface area is 106 Å². The summed E-state index contributed by atoms with van der Waals surface area (Å²) in [5, 5.41) is 3.34. The highest BCUT2D eigenvalue weighted by atomic mass is 19.3. The SMILES string of the molecule is Cc1cc(OC(F)F)ccc1N1CCCNCC1. The molecule has 1 aromatic carbocycles. The molecule has 1 aliphatic rings. The summed E-state index contributed by atoms with van der Waals surface area (Å²) in [4.78, 5) is 2.28. The van der Waals surface area contributed by atoms with Crippen molar-refractivity contribution in [2.75, 3.05) is 31.1 Å². The van der Waals surface area contributed by atoms with Gasteiger partial charge in [-0.1, -0.05) is 0 Å². The van der Waals surface area contributed by atoms with Crippen LogP contribution in [0.2, 0.25) is 0 Å². The van der Waals surface area contributed by atoms with E-state index in [0.29, 0.717) is 0 Å². The number of aryl methyl sites for hydroxylation is 1. The number of anilines is 1. The average Bonchev–Trinajstić information content (AvgIpc) is 2.57. The maximum Gasteiger partial charge on any atom is 0.387 e. The molecule has 2 rings (SSSR count). The smallest absolute Gasteiger partial charge is 0.387 e. The van der Waals surface area contributed by atoms with E-state index in [2.05, 4.69) is 15.0 Å². The van der Waals surface area contributed by atoms with Crippen LogP contribution >= 0.6 is 0 Å². The van der Waals surface area contributed by atoms with Crippen molar-refractivity contribution in [1.29, 1.82) is 0 Å². The quantitative estimate of drug-likeness (QED) is 0.898. The molecule has 0 amide bonds. The van der Waals surface area contributed by atoms with Gasteiger partial charge in [-0.25, -0.2) is 0 Å². The zero-order valence-corrected chi connectivity index (χ0v) is 10.5. The number of ether oxygens (including phenoxy) is 1. The zero-order valence-electron chi connectivity index (χ0n) is 10.5. The number of alkyl halides is 2. The van der Waals surface area contributed by atoms with Crippen LogP contribution in [0.15, 0.2) is 18.2 Å². The van der Waals surface area contributed by atoms with Crippen molar-refractivity contribution in [3.8, 4) is 5.75 Å². The third-order valence-electron chi connectivity index (χ3n) is 3.07. The Morgan fingerprint density at radius 3 is 2.83 bits per heavy atom. The van der Waals surface area contributed by atoms with Crippen molar-refractivity contribution in [3.05, 3.63) is 23.8 Å². The fraction of sp³-hybridized carbons (Fsp3) is 0.538. The van der Waals surface area contributed by atoms with E-state index in [0.717, 1.165) is 43.9 Å². The Kier molecular flexibility index (Phi) is 4.36. The summed E-state index contributed by atoms with van der Waals surface area (Å²) in [5.74, 6) is 0.221. The predicted molar refractivity (Wildman–Crippen MR) is 67.5 cm³/mol. The van der Waals surface area contributed by atoms with Gasteiger partial charge in [-0.2, -0.15) is 8.78 Å². The molecule has 1 heterocycles. The monoisotopic (exact) mass is 256 g/mol. The Hall–Kier alpha value is -1.36. The van der Waals surface area contributed by atoms with Crippen molar-refractivity contribution in [1.82, 2.24) is 5.32 Å². The van der Waals surface area contributed by atoms with Crippen molar-refractivity contribution in [3.63, 3.8) is 0 Å². The summed E-state index contributed by atoms with van der Waals surface area (Å²) in [6.45, 7) is 3.07. The van der Waals surface area contributed by atoms with Gasteiger partial charge < -0.3 is 15.0 Å². The molecule has 0 bridgehead atoms.